The highest BCUT2D eigenvalue weighted by atomic mass is 16.5. The molecule has 0 spiro atoms. The summed E-state index contributed by atoms with van der Waals surface area (Å²) in [5.41, 5.74) is 0.896. The highest BCUT2D eigenvalue weighted by Crippen LogP contribution is 2.34. The molecule has 1 fully saturated rings. The summed E-state index contributed by atoms with van der Waals surface area (Å²) >= 11 is 0. The predicted octanol–water partition coefficient (Wildman–Crippen LogP) is 2.12. The second-order valence-electron chi connectivity index (χ2n) is 4.80. The molecule has 16 heavy (non-hydrogen) atoms. The first-order valence-corrected chi connectivity index (χ1v) is 6.33. The molecule has 2 rings (SSSR count). The predicted molar refractivity (Wildman–Crippen MR) is 63.1 cm³/mol. The fourth-order valence-corrected chi connectivity index (χ4v) is 2.68. The normalized spacial score (nSPS) is 29.0. The van der Waals surface area contributed by atoms with Gasteiger partial charge in [-0.2, -0.15) is 0 Å². The molecule has 0 aromatic rings. The van der Waals surface area contributed by atoms with Crippen molar-refractivity contribution >= 4 is 5.97 Å². The van der Waals surface area contributed by atoms with Gasteiger partial charge in [0.15, 0.2) is 0 Å². The van der Waals surface area contributed by atoms with E-state index in [1.54, 1.807) is 0 Å². The molecule has 2 aliphatic rings. The number of fused-ring (bicyclic) bond motifs is 2. The molecule has 0 aromatic carbocycles. The van der Waals surface area contributed by atoms with Crippen LogP contribution < -0.4 is 0 Å². The number of unbranched alkanes of at least 4 members (excludes halogenated alkanes) is 1. The summed E-state index contributed by atoms with van der Waals surface area (Å²) in [5, 5.41) is 0. The molecule has 2 aliphatic heterocycles. The van der Waals surface area contributed by atoms with Crippen molar-refractivity contribution in [1.29, 1.82) is 0 Å². The third-order valence-corrected chi connectivity index (χ3v) is 3.78. The number of hydrogen-bond acceptors (Lipinski definition) is 3. The van der Waals surface area contributed by atoms with Crippen LogP contribution in [0.5, 0.6) is 0 Å². The van der Waals surface area contributed by atoms with Gasteiger partial charge in [0.2, 0.25) is 0 Å². The third-order valence-electron chi connectivity index (χ3n) is 3.78. The van der Waals surface area contributed by atoms with Crippen molar-refractivity contribution in [1.82, 2.24) is 4.90 Å². The minimum atomic E-state index is -0.0920. The van der Waals surface area contributed by atoms with Crippen molar-refractivity contribution in [3.05, 3.63) is 11.6 Å². The average Bonchev–Trinajstić information content (AvgIpc) is 2.53. The van der Waals surface area contributed by atoms with Gasteiger partial charge >= 0.3 is 5.97 Å². The van der Waals surface area contributed by atoms with Crippen LogP contribution in [0, 0.1) is 0 Å². The average molecular weight is 223 g/mol. The van der Waals surface area contributed by atoms with Gasteiger partial charge in [-0.3, -0.25) is 4.90 Å². The standard InChI is InChI=1S/C13H21NO2/c1-3-4-9-16-13(15)11-7-5-10-6-8-12(11)14(10)2/h7,10,12H,3-6,8-9H2,1-2H3/t10-,12-/m1/s1. The summed E-state index contributed by atoms with van der Waals surface area (Å²) in [5.74, 6) is -0.0920. The maximum Gasteiger partial charge on any atom is 0.335 e. The Morgan fingerprint density at radius 3 is 3.12 bits per heavy atom. The molecule has 0 radical (unpaired) electrons. The van der Waals surface area contributed by atoms with Crippen molar-refractivity contribution in [2.75, 3.05) is 13.7 Å². The monoisotopic (exact) mass is 223 g/mol. The van der Waals surface area contributed by atoms with Crippen LogP contribution in [0.25, 0.3) is 0 Å². The van der Waals surface area contributed by atoms with E-state index in [1.807, 2.05) is 0 Å². The van der Waals surface area contributed by atoms with Gasteiger partial charge in [0.05, 0.1) is 12.2 Å². The van der Waals surface area contributed by atoms with Crippen LogP contribution in [0.1, 0.15) is 39.0 Å². The summed E-state index contributed by atoms with van der Waals surface area (Å²) in [6.07, 6.45) is 7.45. The van der Waals surface area contributed by atoms with Gasteiger partial charge in [-0.15, -0.1) is 0 Å². The lowest BCUT2D eigenvalue weighted by Crippen LogP contribution is -2.38. The lowest BCUT2D eigenvalue weighted by atomic mass is 10.0. The molecule has 0 aliphatic carbocycles. The van der Waals surface area contributed by atoms with Crippen LogP contribution in [-0.4, -0.2) is 36.6 Å². The van der Waals surface area contributed by atoms with Crippen LogP contribution in [-0.2, 0) is 9.53 Å². The molecule has 0 saturated carbocycles. The van der Waals surface area contributed by atoms with E-state index in [0.717, 1.165) is 31.3 Å². The Hall–Kier alpha value is -0.830. The van der Waals surface area contributed by atoms with Crippen LogP contribution in [0.3, 0.4) is 0 Å². The number of hydrogen-bond donors (Lipinski definition) is 0. The van der Waals surface area contributed by atoms with E-state index in [4.69, 9.17) is 4.74 Å². The number of esters is 1. The number of rotatable bonds is 4. The van der Waals surface area contributed by atoms with Gasteiger partial charge in [-0.1, -0.05) is 19.4 Å². The largest absolute Gasteiger partial charge is 0.462 e. The van der Waals surface area contributed by atoms with Crippen LogP contribution in [0.15, 0.2) is 11.6 Å². The van der Waals surface area contributed by atoms with E-state index in [0.29, 0.717) is 18.7 Å². The highest BCUT2D eigenvalue weighted by molar-refractivity contribution is 5.90. The SMILES string of the molecule is CCCCOC(=O)C1=CC[C@@H]2CC[C@H]1N2C. The second kappa shape index (κ2) is 5.00. The molecule has 1 saturated heterocycles. The Kier molecular flexibility index (Phi) is 3.64. The maximum atomic E-state index is 11.9. The number of carbonyl (C=O) groups excluding carboxylic acids is 1. The Balaban J connectivity index is 1.94. The Bertz CT molecular complexity index is 298. The van der Waals surface area contributed by atoms with Crippen LogP contribution in [0.4, 0.5) is 0 Å². The summed E-state index contributed by atoms with van der Waals surface area (Å²) in [4.78, 5) is 14.2. The minimum Gasteiger partial charge on any atom is -0.462 e. The summed E-state index contributed by atoms with van der Waals surface area (Å²) in [7, 11) is 2.12. The molecule has 0 N–H and O–H groups in total. The minimum absolute atomic E-state index is 0.0920. The van der Waals surface area contributed by atoms with Gasteiger partial charge in [-0.25, -0.2) is 4.79 Å². The van der Waals surface area contributed by atoms with Gasteiger partial charge in [0.25, 0.3) is 0 Å². The fourth-order valence-electron chi connectivity index (χ4n) is 2.68. The zero-order valence-corrected chi connectivity index (χ0v) is 10.2. The quantitative estimate of drug-likeness (QED) is 0.540. The number of carbonyl (C=O) groups is 1. The molecular weight excluding hydrogens is 202 g/mol. The summed E-state index contributed by atoms with van der Waals surface area (Å²) in [6, 6.07) is 0.963. The molecule has 2 atom stereocenters. The highest BCUT2D eigenvalue weighted by Gasteiger charge is 2.38. The fraction of sp³-hybridized carbons (Fsp3) is 0.769. The van der Waals surface area contributed by atoms with Gasteiger partial charge in [-0.05, 0) is 32.7 Å². The molecule has 0 amide bonds. The Morgan fingerprint density at radius 1 is 1.56 bits per heavy atom. The molecule has 3 heteroatoms. The molecule has 90 valence electrons. The third kappa shape index (κ3) is 2.14. The van der Waals surface area contributed by atoms with E-state index in [-0.39, 0.29) is 5.97 Å². The topological polar surface area (TPSA) is 29.5 Å². The zero-order chi connectivity index (χ0) is 11.5. The van der Waals surface area contributed by atoms with Crippen molar-refractivity contribution in [2.45, 2.75) is 51.1 Å². The lowest BCUT2D eigenvalue weighted by Gasteiger charge is -2.30. The van der Waals surface area contributed by atoms with Crippen LogP contribution in [0.2, 0.25) is 0 Å². The summed E-state index contributed by atoms with van der Waals surface area (Å²) in [6.45, 7) is 2.66. The van der Waals surface area contributed by atoms with E-state index < -0.39 is 0 Å². The first-order chi connectivity index (χ1) is 7.74. The van der Waals surface area contributed by atoms with Crippen LogP contribution >= 0.6 is 0 Å². The molecule has 3 nitrogen and oxygen atoms in total. The molecule has 0 aromatic heterocycles. The smallest absolute Gasteiger partial charge is 0.335 e. The summed E-state index contributed by atoms with van der Waals surface area (Å²) < 4.78 is 5.29. The molecule has 2 heterocycles. The van der Waals surface area contributed by atoms with Gasteiger partial charge in [0.1, 0.15) is 0 Å². The number of likely N-dealkylation sites (N-methyl/N-ethyl adjacent to an activating group) is 1. The molecule has 2 bridgehead atoms. The van der Waals surface area contributed by atoms with Crippen molar-refractivity contribution in [3.8, 4) is 0 Å². The molecule has 0 unspecified atom stereocenters. The lowest BCUT2D eigenvalue weighted by molar-refractivity contribution is -0.140. The van der Waals surface area contributed by atoms with E-state index in [1.165, 1.54) is 6.42 Å². The zero-order valence-electron chi connectivity index (χ0n) is 10.2. The first-order valence-electron chi connectivity index (χ1n) is 6.33. The van der Waals surface area contributed by atoms with E-state index in [9.17, 15) is 4.79 Å². The second-order valence-corrected chi connectivity index (χ2v) is 4.80. The Morgan fingerprint density at radius 2 is 2.38 bits per heavy atom. The number of ether oxygens (including phenoxy) is 1. The van der Waals surface area contributed by atoms with Crippen molar-refractivity contribution in [3.63, 3.8) is 0 Å². The Labute approximate surface area is 97.5 Å². The molecular formula is C13H21NO2. The van der Waals surface area contributed by atoms with E-state index >= 15 is 0 Å². The van der Waals surface area contributed by atoms with Crippen molar-refractivity contribution in [2.24, 2.45) is 0 Å². The maximum absolute atomic E-state index is 11.9. The van der Waals surface area contributed by atoms with Gasteiger partial charge in [0, 0.05) is 12.1 Å². The van der Waals surface area contributed by atoms with E-state index in [2.05, 4.69) is 24.9 Å². The van der Waals surface area contributed by atoms with Crippen molar-refractivity contribution < 1.29 is 9.53 Å². The first kappa shape index (κ1) is 11.6. The van der Waals surface area contributed by atoms with Gasteiger partial charge < -0.3 is 4.74 Å². The number of nitrogens with zero attached hydrogens (tertiary/aromatic N) is 1.